The number of hydrogen-bond acceptors (Lipinski definition) is 4. The fourth-order valence-electron chi connectivity index (χ4n) is 2.24. The van der Waals surface area contributed by atoms with Crippen molar-refractivity contribution in [3.05, 3.63) is 35.4 Å². The first-order valence-electron chi connectivity index (χ1n) is 6.95. The van der Waals surface area contributed by atoms with Gasteiger partial charge in [0.25, 0.3) is 0 Å². The van der Waals surface area contributed by atoms with Crippen LogP contribution in [-0.4, -0.2) is 42.1 Å². The summed E-state index contributed by atoms with van der Waals surface area (Å²) in [5, 5.41) is 9.01. The molecule has 0 fully saturated rings. The maximum absolute atomic E-state index is 11.9. The average molecular weight is 293 g/mol. The van der Waals surface area contributed by atoms with Crippen LogP contribution in [0.5, 0.6) is 0 Å². The maximum Gasteiger partial charge on any atom is 0.335 e. The summed E-state index contributed by atoms with van der Waals surface area (Å²) >= 11 is 0. The zero-order valence-electron chi connectivity index (χ0n) is 13.0. The van der Waals surface area contributed by atoms with Crippen LogP contribution in [0.1, 0.15) is 36.2 Å². The van der Waals surface area contributed by atoms with Gasteiger partial charge in [0, 0.05) is 6.54 Å². The summed E-state index contributed by atoms with van der Waals surface area (Å²) in [5.41, 5.74) is 1.11. The van der Waals surface area contributed by atoms with Crippen LogP contribution in [0.15, 0.2) is 24.3 Å². The first kappa shape index (κ1) is 17.2. The summed E-state index contributed by atoms with van der Waals surface area (Å²) in [5.74, 6) is -0.853. The first-order valence-corrected chi connectivity index (χ1v) is 6.95. The quantitative estimate of drug-likeness (QED) is 0.782. The minimum Gasteiger partial charge on any atom is -0.478 e. The Morgan fingerprint density at radius 3 is 2.52 bits per heavy atom. The van der Waals surface area contributed by atoms with Gasteiger partial charge in [0.2, 0.25) is 0 Å². The van der Waals surface area contributed by atoms with Crippen LogP contribution in [0.25, 0.3) is 0 Å². The Morgan fingerprint density at radius 2 is 2.00 bits per heavy atom. The SMILES string of the molecule is COC(=O)C(CC(C)C)N(C)Cc1cccc(C(=O)O)c1. The molecule has 0 aromatic heterocycles. The second kappa shape index (κ2) is 7.78. The summed E-state index contributed by atoms with van der Waals surface area (Å²) in [4.78, 5) is 24.8. The molecule has 0 heterocycles. The van der Waals surface area contributed by atoms with E-state index in [4.69, 9.17) is 9.84 Å². The smallest absolute Gasteiger partial charge is 0.335 e. The number of benzene rings is 1. The number of methoxy groups -OCH3 is 1. The van der Waals surface area contributed by atoms with E-state index in [-0.39, 0.29) is 17.6 Å². The van der Waals surface area contributed by atoms with Crippen molar-refractivity contribution in [2.24, 2.45) is 5.92 Å². The molecule has 5 nitrogen and oxygen atoms in total. The third kappa shape index (κ3) is 5.19. The molecular formula is C16H23NO4. The van der Waals surface area contributed by atoms with Crippen LogP contribution in [0.4, 0.5) is 0 Å². The van der Waals surface area contributed by atoms with E-state index < -0.39 is 5.97 Å². The fourth-order valence-corrected chi connectivity index (χ4v) is 2.24. The van der Waals surface area contributed by atoms with Gasteiger partial charge in [-0.05, 0) is 37.1 Å². The third-order valence-corrected chi connectivity index (χ3v) is 3.31. The van der Waals surface area contributed by atoms with Crippen LogP contribution < -0.4 is 0 Å². The maximum atomic E-state index is 11.9. The van der Waals surface area contributed by atoms with Gasteiger partial charge in [-0.25, -0.2) is 4.79 Å². The highest BCUT2D eigenvalue weighted by Crippen LogP contribution is 2.15. The fraction of sp³-hybridized carbons (Fsp3) is 0.500. The highest BCUT2D eigenvalue weighted by atomic mass is 16.5. The van der Waals surface area contributed by atoms with Crippen molar-refractivity contribution < 1.29 is 19.4 Å². The molecule has 0 spiro atoms. The molecule has 1 unspecified atom stereocenters. The number of carboxylic acid groups (broad SMARTS) is 1. The molecule has 1 aromatic carbocycles. The lowest BCUT2D eigenvalue weighted by Gasteiger charge is -2.27. The van der Waals surface area contributed by atoms with Crippen LogP contribution in [-0.2, 0) is 16.1 Å². The van der Waals surface area contributed by atoms with Crippen molar-refractivity contribution in [1.82, 2.24) is 4.90 Å². The molecule has 21 heavy (non-hydrogen) atoms. The number of carbonyl (C=O) groups excluding carboxylic acids is 1. The Hall–Kier alpha value is -1.88. The molecule has 0 radical (unpaired) electrons. The largest absolute Gasteiger partial charge is 0.478 e. The zero-order valence-corrected chi connectivity index (χ0v) is 13.0. The second-order valence-corrected chi connectivity index (χ2v) is 5.59. The molecule has 0 saturated heterocycles. The van der Waals surface area contributed by atoms with Gasteiger partial charge >= 0.3 is 11.9 Å². The number of hydrogen-bond donors (Lipinski definition) is 1. The lowest BCUT2D eigenvalue weighted by atomic mass is 10.0. The zero-order chi connectivity index (χ0) is 16.0. The van der Waals surface area contributed by atoms with Gasteiger partial charge in [0.15, 0.2) is 0 Å². The van der Waals surface area contributed by atoms with Crippen molar-refractivity contribution in [3.8, 4) is 0 Å². The highest BCUT2D eigenvalue weighted by Gasteiger charge is 2.25. The molecule has 1 aromatic rings. The van der Waals surface area contributed by atoms with E-state index in [9.17, 15) is 9.59 Å². The predicted octanol–water partition coefficient (Wildman–Crippen LogP) is 2.40. The summed E-state index contributed by atoms with van der Waals surface area (Å²) < 4.78 is 4.86. The molecule has 0 saturated carbocycles. The molecule has 0 bridgehead atoms. The number of esters is 1. The van der Waals surface area contributed by atoms with Crippen molar-refractivity contribution >= 4 is 11.9 Å². The number of ether oxygens (including phenoxy) is 1. The number of carbonyl (C=O) groups is 2. The van der Waals surface area contributed by atoms with E-state index in [1.807, 2.05) is 18.0 Å². The lowest BCUT2D eigenvalue weighted by Crippen LogP contribution is -2.39. The van der Waals surface area contributed by atoms with Crippen LogP contribution in [0.2, 0.25) is 0 Å². The highest BCUT2D eigenvalue weighted by molar-refractivity contribution is 5.87. The van der Waals surface area contributed by atoms with Crippen LogP contribution in [0, 0.1) is 5.92 Å². The van der Waals surface area contributed by atoms with Crippen molar-refractivity contribution in [2.75, 3.05) is 14.2 Å². The minimum atomic E-state index is -0.953. The Morgan fingerprint density at radius 1 is 1.33 bits per heavy atom. The van der Waals surface area contributed by atoms with E-state index in [1.165, 1.54) is 7.11 Å². The molecule has 116 valence electrons. The standard InChI is InChI=1S/C16H23NO4/c1-11(2)8-14(16(20)21-4)17(3)10-12-6-5-7-13(9-12)15(18)19/h5-7,9,11,14H,8,10H2,1-4H3,(H,18,19). The topological polar surface area (TPSA) is 66.8 Å². The van der Waals surface area contributed by atoms with Gasteiger partial charge in [-0.1, -0.05) is 26.0 Å². The van der Waals surface area contributed by atoms with E-state index in [0.717, 1.165) is 5.56 Å². The number of likely N-dealkylation sites (N-methyl/N-ethyl adjacent to an activating group) is 1. The van der Waals surface area contributed by atoms with E-state index in [0.29, 0.717) is 18.9 Å². The second-order valence-electron chi connectivity index (χ2n) is 5.59. The molecule has 5 heteroatoms. The predicted molar refractivity (Wildman–Crippen MR) is 80.1 cm³/mol. The Bertz CT molecular complexity index is 499. The first-order chi connectivity index (χ1) is 9.85. The average Bonchev–Trinajstić information content (AvgIpc) is 2.43. The summed E-state index contributed by atoms with van der Waals surface area (Å²) in [6.45, 7) is 4.59. The van der Waals surface area contributed by atoms with E-state index in [2.05, 4.69) is 13.8 Å². The molecule has 1 N–H and O–H groups in total. The Balaban J connectivity index is 2.85. The molecule has 1 rings (SSSR count). The van der Waals surface area contributed by atoms with Crippen molar-refractivity contribution in [1.29, 1.82) is 0 Å². The number of nitrogens with zero attached hydrogens (tertiary/aromatic N) is 1. The van der Waals surface area contributed by atoms with Crippen molar-refractivity contribution in [2.45, 2.75) is 32.9 Å². The van der Waals surface area contributed by atoms with Crippen LogP contribution in [0.3, 0.4) is 0 Å². The van der Waals surface area contributed by atoms with Gasteiger partial charge in [-0.2, -0.15) is 0 Å². The Labute approximate surface area is 125 Å². The van der Waals surface area contributed by atoms with Gasteiger partial charge in [-0.15, -0.1) is 0 Å². The molecule has 1 atom stereocenters. The lowest BCUT2D eigenvalue weighted by molar-refractivity contribution is -0.147. The number of aromatic carboxylic acids is 1. The normalized spacial score (nSPS) is 12.5. The third-order valence-electron chi connectivity index (χ3n) is 3.31. The van der Waals surface area contributed by atoms with E-state index in [1.54, 1.807) is 18.2 Å². The van der Waals surface area contributed by atoms with E-state index >= 15 is 0 Å². The number of rotatable bonds is 7. The van der Waals surface area contributed by atoms with Crippen molar-refractivity contribution in [3.63, 3.8) is 0 Å². The van der Waals surface area contributed by atoms with Crippen LogP contribution >= 0.6 is 0 Å². The van der Waals surface area contributed by atoms with Gasteiger partial charge in [0.05, 0.1) is 12.7 Å². The summed E-state index contributed by atoms with van der Waals surface area (Å²) in [7, 11) is 3.23. The monoisotopic (exact) mass is 293 g/mol. The molecule has 0 aliphatic heterocycles. The Kier molecular flexibility index (Phi) is 6.37. The summed E-state index contributed by atoms with van der Waals surface area (Å²) in [6.07, 6.45) is 0.696. The molecule has 0 amide bonds. The number of carboxylic acids is 1. The minimum absolute atomic E-state index is 0.249. The van der Waals surface area contributed by atoms with Gasteiger partial charge < -0.3 is 9.84 Å². The van der Waals surface area contributed by atoms with Gasteiger partial charge in [0.1, 0.15) is 6.04 Å². The summed E-state index contributed by atoms with van der Waals surface area (Å²) in [6, 6.07) is 6.42. The molecule has 0 aliphatic carbocycles. The molecule has 0 aliphatic rings. The van der Waals surface area contributed by atoms with Gasteiger partial charge in [-0.3, -0.25) is 9.69 Å². The molecular weight excluding hydrogens is 270 g/mol.